The molecule has 6 nitrogen and oxygen atoms in total. The van der Waals surface area contributed by atoms with Gasteiger partial charge < -0.3 is 10.2 Å². The molecule has 2 N–H and O–H groups in total. The number of piperidine rings is 1. The summed E-state index contributed by atoms with van der Waals surface area (Å²) in [6.45, 7) is 3.30. The summed E-state index contributed by atoms with van der Waals surface area (Å²) in [7, 11) is -3.58. The smallest absolute Gasteiger partial charge is 0.271 e. The van der Waals surface area contributed by atoms with Crippen molar-refractivity contribution in [3.05, 3.63) is 47.3 Å². The third-order valence-electron chi connectivity index (χ3n) is 6.07. The van der Waals surface area contributed by atoms with Crippen LogP contribution in [0.5, 0.6) is 0 Å². The Bertz CT molecular complexity index is 929. The Kier molecular flexibility index (Phi) is 6.75. The standard InChI is InChI=1S/C22H29N3O3S2/c26-22(23-19-11-13-25(14-12-19)16-17-4-1-2-5-17)18-7-9-20(10-8-18)24-30(27,28)21-6-3-15-29-21/h3,6-10,15,17,19,24H,1-2,4-5,11-14,16H2,(H,23,26). The molecule has 1 saturated heterocycles. The molecular weight excluding hydrogens is 418 g/mol. The van der Waals surface area contributed by atoms with Gasteiger partial charge in [0.15, 0.2) is 0 Å². The minimum Gasteiger partial charge on any atom is -0.349 e. The first-order chi connectivity index (χ1) is 14.5. The quantitative estimate of drug-likeness (QED) is 0.674. The molecule has 2 aliphatic rings. The van der Waals surface area contributed by atoms with Crippen molar-refractivity contribution in [3.63, 3.8) is 0 Å². The summed E-state index contributed by atoms with van der Waals surface area (Å²) in [6, 6.07) is 10.1. The first-order valence-corrected chi connectivity index (χ1v) is 13.1. The predicted octanol–water partition coefficient (Wildman–Crippen LogP) is 3.93. The Hall–Kier alpha value is -1.90. The highest BCUT2D eigenvalue weighted by atomic mass is 32.2. The fraction of sp³-hybridized carbons (Fsp3) is 0.500. The number of anilines is 1. The van der Waals surface area contributed by atoms with Crippen LogP contribution in [0, 0.1) is 5.92 Å². The molecule has 162 valence electrons. The summed E-state index contributed by atoms with van der Waals surface area (Å²) in [5.74, 6) is 0.767. The number of thiophene rings is 1. The zero-order valence-corrected chi connectivity index (χ0v) is 18.7. The monoisotopic (exact) mass is 447 g/mol. The molecule has 2 aromatic rings. The van der Waals surface area contributed by atoms with Gasteiger partial charge in [0, 0.05) is 36.9 Å². The van der Waals surface area contributed by atoms with Gasteiger partial charge in [-0.2, -0.15) is 0 Å². The lowest BCUT2D eigenvalue weighted by Crippen LogP contribution is -2.45. The van der Waals surface area contributed by atoms with E-state index in [0.717, 1.165) is 31.8 Å². The number of nitrogens with zero attached hydrogens (tertiary/aromatic N) is 1. The molecule has 1 aliphatic heterocycles. The van der Waals surface area contributed by atoms with Crippen LogP contribution in [0.2, 0.25) is 0 Å². The van der Waals surface area contributed by atoms with Crippen LogP contribution in [0.4, 0.5) is 5.69 Å². The van der Waals surface area contributed by atoms with Crippen molar-refractivity contribution in [2.75, 3.05) is 24.4 Å². The van der Waals surface area contributed by atoms with Gasteiger partial charge in [0.25, 0.3) is 15.9 Å². The lowest BCUT2D eigenvalue weighted by Gasteiger charge is -2.33. The Balaban J connectivity index is 1.26. The number of carbonyl (C=O) groups is 1. The number of carbonyl (C=O) groups excluding carboxylic acids is 1. The number of amides is 1. The molecule has 0 atom stereocenters. The van der Waals surface area contributed by atoms with Crippen LogP contribution in [-0.2, 0) is 10.0 Å². The number of nitrogens with one attached hydrogen (secondary N) is 2. The van der Waals surface area contributed by atoms with Crippen LogP contribution in [0.3, 0.4) is 0 Å². The second kappa shape index (κ2) is 9.49. The van der Waals surface area contributed by atoms with Crippen molar-refractivity contribution in [3.8, 4) is 0 Å². The zero-order chi connectivity index (χ0) is 21.0. The van der Waals surface area contributed by atoms with Gasteiger partial charge in [-0.1, -0.05) is 18.9 Å². The van der Waals surface area contributed by atoms with Crippen molar-refractivity contribution < 1.29 is 13.2 Å². The van der Waals surface area contributed by atoms with E-state index in [1.807, 2.05) is 0 Å². The average molecular weight is 448 g/mol. The van der Waals surface area contributed by atoms with Crippen LogP contribution < -0.4 is 10.0 Å². The number of hydrogen-bond acceptors (Lipinski definition) is 5. The van der Waals surface area contributed by atoms with E-state index in [1.165, 1.54) is 43.6 Å². The molecule has 4 rings (SSSR count). The molecule has 1 aromatic carbocycles. The normalized spacial score (nSPS) is 19.1. The van der Waals surface area contributed by atoms with Crippen molar-refractivity contribution in [1.29, 1.82) is 0 Å². The lowest BCUT2D eigenvalue weighted by atomic mass is 10.0. The summed E-state index contributed by atoms with van der Waals surface area (Å²) in [5.41, 5.74) is 0.989. The van der Waals surface area contributed by atoms with Gasteiger partial charge in [-0.25, -0.2) is 8.42 Å². The van der Waals surface area contributed by atoms with E-state index in [0.29, 0.717) is 11.3 Å². The van der Waals surface area contributed by atoms with Gasteiger partial charge in [-0.15, -0.1) is 11.3 Å². The van der Waals surface area contributed by atoms with Crippen molar-refractivity contribution in [2.24, 2.45) is 5.92 Å². The SMILES string of the molecule is O=C(NC1CCN(CC2CCCC2)CC1)c1ccc(NS(=O)(=O)c2cccs2)cc1. The van der Waals surface area contributed by atoms with E-state index in [1.54, 1.807) is 41.8 Å². The summed E-state index contributed by atoms with van der Waals surface area (Å²) < 4.78 is 27.4. The number of sulfonamides is 1. The Morgan fingerprint density at radius 2 is 1.73 bits per heavy atom. The molecule has 1 saturated carbocycles. The van der Waals surface area contributed by atoms with Crippen LogP contribution >= 0.6 is 11.3 Å². The molecule has 0 spiro atoms. The number of likely N-dealkylation sites (tertiary alicyclic amines) is 1. The third-order valence-corrected chi connectivity index (χ3v) is 8.85. The van der Waals surface area contributed by atoms with Crippen LogP contribution in [0.1, 0.15) is 48.9 Å². The summed E-state index contributed by atoms with van der Waals surface area (Å²) >= 11 is 1.17. The van der Waals surface area contributed by atoms with E-state index >= 15 is 0 Å². The molecule has 0 radical (unpaired) electrons. The van der Waals surface area contributed by atoms with Gasteiger partial charge >= 0.3 is 0 Å². The maximum absolute atomic E-state index is 12.6. The topological polar surface area (TPSA) is 78.5 Å². The summed E-state index contributed by atoms with van der Waals surface area (Å²) in [4.78, 5) is 15.1. The zero-order valence-electron chi connectivity index (χ0n) is 17.0. The van der Waals surface area contributed by atoms with E-state index in [4.69, 9.17) is 0 Å². The fourth-order valence-electron chi connectivity index (χ4n) is 4.40. The van der Waals surface area contributed by atoms with Gasteiger partial charge in [-0.3, -0.25) is 9.52 Å². The molecular formula is C22H29N3O3S2. The van der Waals surface area contributed by atoms with E-state index in [2.05, 4.69) is 14.9 Å². The molecule has 0 unspecified atom stereocenters. The largest absolute Gasteiger partial charge is 0.349 e. The maximum atomic E-state index is 12.6. The van der Waals surface area contributed by atoms with E-state index < -0.39 is 10.0 Å². The highest BCUT2D eigenvalue weighted by Crippen LogP contribution is 2.26. The van der Waals surface area contributed by atoms with Gasteiger partial charge in [0.05, 0.1) is 0 Å². The Labute approximate surface area is 182 Å². The van der Waals surface area contributed by atoms with E-state index in [9.17, 15) is 13.2 Å². The summed E-state index contributed by atoms with van der Waals surface area (Å²) in [6.07, 6.45) is 7.47. The second-order valence-corrected chi connectivity index (χ2v) is 11.2. The number of hydrogen-bond donors (Lipinski definition) is 2. The molecule has 1 amide bonds. The minimum absolute atomic E-state index is 0.100. The maximum Gasteiger partial charge on any atom is 0.271 e. The number of rotatable bonds is 7. The van der Waals surface area contributed by atoms with Crippen LogP contribution in [0.15, 0.2) is 46.0 Å². The lowest BCUT2D eigenvalue weighted by molar-refractivity contribution is 0.0905. The molecule has 30 heavy (non-hydrogen) atoms. The first-order valence-electron chi connectivity index (χ1n) is 10.7. The van der Waals surface area contributed by atoms with Gasteiger partial charge in [0.2, 0.25) is 0 Å². The van der Waals surface area contributed by atoms with Crippen molar-refractivity contribution in [2.45, 2.75) is 48.8 Å². The van der Waals surface area contributed by atoms with Gasteiger partial charge in [0.1, 0.15) is 4.21 Å². The van der Waals surface area contributed by atoms with Crippen LogP contribution in [-0.4, -0.2) is 44.9 Å². The highest BCUT2D eigenvalue weighted by molar-refractivity contribution is 7.94. The van der Waals surface area contributed by atoms with Crippen molar-refractivity contribution >= 4 is 33.0 Å². The highest BCUT2D eigenvalue weighted by Gasteiger charge is 2.24. The van der Waals surface area contributed by atoms with Crippen molar-refractivity contribution in [1.82, 2.24) is 10.2 Å². The Morgan fingerprint density at radius 3 is 2.37 bits per heavy atom. The molecule has 1 aliphatic carbocycles. The molecule has 2 fully saturated rings. The Morgan fingerprint density at radius 1 is 1.03 bits per heavy atom. The number of benzene rings is 1. The fourth-order valence-corrected chi connectivity index (χ4v) is 6.45. The molecule has 0 bridgehead atoms. The van der Waals surface area contributed by atoms with Gasteiger partial charge in [-0.05, 0) is 67.3 Å². The molecule has 2 heterocycles. The second-order valence-electron chi connectivity index (χ2n) is 8.31. The first kappa shape index (κ1) is 21.3. The minimum atomic E-state index is -3.58. The summed E-state index contributed by atoms with van der Waals surface area (Å²) in [5, 5.41) is 4.86. The molecule has 8 heteroatoms. The van der Waals surface area contributed by atoms with Crippen LogP contribution in [0.25, 0.3) is 0 Å². The van der Waals surface area contributed by atoms with E-state index in [-0.39, 0.29) is 16.2 Å². The molecule has 1 aromatic heterocycles. The average Bonchev–Trinajstić information content (AvgIpc) is 3.44. The predicted molar refractivity (Wildman–Crippen MR) is 120 cm³/mol. The third kappa shape index (κ3) is 5.42.